The Morgan fingerprint density at radius 2 is 2.04 bits per heavy atom. The maximum Gasteiger partial charge on any atom is 0.307 e. The third kappa shape index (κ3) is 3.73. The smallest absolute Gasteiger partial charge is 0.307 e. The zero-order valence-corrected chi connectivity index (χ0v) is 14.6. The minimum Gasteiger partial charge on any atom is -0.481 e. The fraction of sp³-hybridized carbons (Fsp3) is 0.333. The molecular formula is C18H16FN3O3S. The van der Waals surface area contributed by atoms with Gasteiger partial charge in [0.25, 0.3) is 0 Å². The number of nitriles is 1. The number of nitrogens with one attached hydrogen (secondary N) is 1. The number of carboxylic acid groups (broad SMARTS) is 1. The van der Waals surface area contributed by atoms with Gasteiger partial charge in [0.1, 0.15) is 22.5 Å². The number of rotatable bonds is 4. The molecule has 0 saturated heterocycles. The predicted molar refractivity (Wildman–Crippen MR) is 93.9 cm³/mol. The van der Waals surface area contributed by atoms with Crippen LogP contribution in [0.5, 0.6) is 0 Å². The molecule has 2 aromatic rings. The minimum atomic E-state index is -0.970. The summed E-state index contributed by atoms with van der Waals surface area (Å²) in [6, 6.07) is 7.71. The van der Waals surface area contributed by atoms with Crippen LogP contribution in [0.15, 0.2) is 24.3 Å². The van der Waals surface area contributed by atoms with E-state index in [1.165, 1.54) is 18.2 Å². The van der Waals surface area contributed by atoms with Crippen LogP contribution in [0.4, 0.5) is 9.52 Å². The Morgan fingerprint density at radius 1 is 1.31 bits per heavy atom. The molecule has 0 spiro atoms. The van der Waals surface area contributed by atoms with E-state index in [2.05, 4.69) is 10.3 Å². The van der Waals surface area contributed by atoms with Gasteiger partial charge in [0, 0.05) is 5.56 Å². The second-order valence-electron chi connectivity index (χ2n) is 6.14. The number of carbonyl (C=O) groups excluding carboxylic acids is 1. The number of thiazole rings is 1. The summed E-state index contributed by atoms with van der Waals surface area (Å²) < 4.78 is 13.4. The summed E-state index contributed by atoms with van der Waals surface area (Å²) in [4.78, 5) is 28.4. The van der Waals surface area contributed by atoms with Crippen molar-refractivity contribution in [2.24, 2.45) is 11.8 Å². The van der Waals surface area contributed by atoms with E-state index in [-0.39, 0.29) is 10.0 Å². The fourth-order valence-corrected chi connectivity index (χ4v) is 4.01. The molecule has 0 radical (unpaired) electrons. The molecule has 1 aliphatic carbocycles. The second kappa shape index (κ2) is 7.62. The maximum atomic E-state index is 13.4. The first kappa shape index (κ1) is 18.0. The van der Waals surface area contributed by atoms with Gasteiger partial charge in [0.05, 0.1) is 11.8 Å². The van der Waals surface area contributed by atoms with Gasteiger partial charge < -0.3 is 10.4 Å². The van der Waals surface area contributed by atoms with E-state index in [1.807, 2.05) is 6.07 Å². The molecule has 1 fully saturated rings. The highest BCUT2D eigenvalue weighted by Gasteiger charge is 2.36. The van der Waals surface area contributed by atoms with E-state index >= 15 is 0 Å². The highest BCUT2D eigenvalue weighted by molar-refractivity contribution is 7.16. The number of carbonyl (C=O) groups is 2. The number of halogens is 1. The van der Waals surface area contributed by atoms with Gasteiger partial charge in [0.2, 0.25) is 5.91 Å². The second-order valence-corrected chi connectivity index (χ2v) is 7.14. The van der Waals surface area contributed by atoms with Crippen LogP contribution >= 0.6 is 11.3 Å². The summed E-state index contributed by atoms with van der Waals surface area (Å²) in [5.74, 6) is -3.14. The average Bonchev–Trinajstić information content (AvgIpc) is 3.04. The Labute approximate surface area is 153 Å². The van der Waals surface area contributed by atoms with Crippen LogP contribution in [0.1, 0.15) is 30.6 Å². The van der Waals surface area contributed by atoms with Gasteiger partial charge in [-0.05, 0) is 25.0 Å². The van der Waals surface area contributed by atoms with Crippen molar-refractivity contribution in [1.82, 2.24) is 4.98 Å². The first-order valence-electron chi connectivity index (χ1n) is 8.20. The molecule has 0 aliphatic heterocycles. The molecule has 2 N–H and O–H groups in total. The largest absolute Gasteiger partial charge is 0.481 e. The van der Waals surface area contributed by atoms with Gasteiger partial charge in [-0.3, -0.25) is 9.59 Å². The number of hydrogen-bond donors (Lipinski definition) is 2. The highest BCUT2D eigenvalue weighted by Crippen LogP contribution is 2.34. The van der Waals surface area contributed by atoms with Gasteiger partial charge in [-0.2, -0.15) is 5.26 Å². The number of nitrogens with zero attached hydrogens (tertiary/aromatic N) is 2. The van der Waals surface area contributed by atoms with E-state index in [0.717, 1.165) is 24.2 Å². The van der Waals surface area contributed by atoms with Crippen molar-refractivity contribution in [3.63, 3.8) is 0 Å². The highest BCUT2D eigenvalue weighted by atomic mass is 32.1. The van der Waals surface area contributed by atoms with E-state index in [1.54, 1.807) is 6.07 Å². The number of amides is 1. The van der Waals surface area contributed by atoms with Crippen LogP contribution in [0.3, 0.4) is 0 Å². The van der Waals surface area contributed by atoms with E-state index < -0.39 is 29.5 Å². The molecule has 3 rings (SSSR count). The zero-order valence-electron chi connectivity index (χ0n) is 13.7. The van der Waals surface area contributed by atoms with Crippen LogP contribution in [0.2, 0.25) is 0 Å². The monoisotopic (exact) mass is 373 g/mol. The molecule has 1 aliphatic rings. The van der Waals surface area contributed by atoms with Crippen LogP contribution in [0, 0.1) is 29.0 Å². The SMILES string of the molecule is N#Cc1sc(NC(=O)C2CCCCC2C(=O)O)nc1-c1cccc(F)c1. The van der Waals surface area contributed by atoms with Crippen molar-refractivity contribution in [1.29, 1.82) is 5.26 Å². The van der Waals surface area contributed by atoms with Gasteiger partial charge >= 0.3 is 5.97 Å². The molecule has 134 valence electrons. The lowest BCUT2D eigenvalue weighted by Gasteiger charge is -2.26. The summed E-state index contributed by atoms with van der Waals surface area (Å²) in [6.45, 7) is 0. The summed E-state index contributed by atoms with van der Waals surface area (Å²) in [6.07, 6.45) is 2.58. The Balaban J connectivity index is 1.83. The third-order valence-electron chi connectivity index (χ3n) is 4.48. The molecule has 1 heterocycles. The van der Waals surface area contributed by atoms with E-state index in [4.69, 9.17) is 0 Å². The van der Waals surface area contributed by atoms with Gasteiger partial charge in [-0.1, -0.05) is 36.3 Å². The summed E-state index contributed by atoms with van der Waals surface area (Å²) in [7, 11) is 0. The molecule has 1 aromatic carbocycles. The zero-order chi connectivity index (χ0) is 18.7. The summed E-state index contributed by atoms with van der Waals surface area (Å²) >= 11 is 0.988. The number of hydrogen-bond acceptors (Lipinski definition) is 5. The lowest BCUT2D eigenvalue weighted by Crippen LogP contribution is -2.36. The average molecular weight is 373 g/mol. The summed E-state index contributed by atoms with van der Waals surface area (Å²) in [5, 5.41) is 21.5. The summed E-state index contributed by atoms with van der Waals surface area (Å²) in [5.41, 5.74) is 0.741. The van der Waals surface area contributed by atoms with Crippen LogP contribution < -0.4 is 5.32 Å². The Morgan fingerprint density at radius 3 is 2.69 bits per heavy atom. The van der Waals surface area contributed by atoms with E-state index in [9.17, 15) is 24.3 Å². The van der Waals surface area contributed by atoms with E-state index in [0.29, 0.717) is 24.1 Å². The Bertz CT molecular complexity index is 890. The van der Waals surface area contributed by atoms with Gasteiger partial charge in [-0.15, -0.1) is 0 Å². The number of aromatic nitrogens is 1. The molecule has 8 heteroatoms. The molecule has 26 heavy (non-hydrogen) atoms. The van der Waals surface area contributed by atoms with Gasteiger partial charge in [-0.25, -0.2) is 9.37 Å². The van der Waals surface area contributed by atoms with Crippen molar-refractivity contribution < 1.29 is 19.1 Å². The molecule has 2 unspecified atom stereocenters. The molecule has 1 amide bonds. The topological polar surface area (TPSA) is 103 Å². The molecule has 6 nitrogen and oxygen atoms in total. The van der Waals surface area contributed by atoms with Crippen molar-refractivity contribution in [2.75, 3.05) is 5.32 Å². The van der Waals surface area contributed by atoms with Crippen LogP contribution in [0.25, 0.3) is 11.3 Å². The number of aliphatic carboxylic acids is 1. The van der Waals surface area contributed by atoms with Crippen LogP contribution in [-0.4, -0.2) is 22.0 Å². The predicted octanol–water partition coefficient (Wildman–Crippen LogP) is 3.65. The fourth-order valence-electron chi connectivity index (χ4n) is 3.22. The number of anilines is 1. The molecule has 2 atom stereocenters. The molecular weight excluding hydrogens is 357 g/mol. The standard InChI is InChI=1S/C18H16FN3O3S/c19-11-5-3-4-10(8-11)15-14(9-20)26-18(21-15)22-16(23)12-6-1-2-7-13(12)17(24)25/h3-5,8,12-13H,1-2,6-7H2,(H,24,25)(H,21,22,23). The van der Waals surface area contributed by atoms with Crippen LogP contribution in [-0.2, 0) is 9.59 Å². The van der Waals surface area contributed by atoms with Gasteiger partial charge in [0.15, 0.2) is 5.13 Å². The Kier molecular flexibility index (Phi) is 5.28. The lowest BCUT2D eigenvalue weighted by atomic mass is 9.79. The third-order valence-corrected chi connectivity index (χ3v) is 5.35. The normalized spacial score (nSPS) is 19.5. The van der Waals surface area contributed by atoms with Crippen molar-refractivity contribution in [3.05, 3.63) is 35.0 Å². The first-order valence-corrected chi connectivity index (χ1v) is 9.01. The molecule has 1 saturated carbocycles. The molecule has 1 aromatic heterocycles. The van der Waals surface area contributed by atoms with Crippen molar-refractivity contribution in [2.45, 2.75) is 25.7 Å². The number of benzene rings is 1. The lowest BCUT2D eigenvalue weighted by molar-refractivity contribution is -0.147. The van der Waals surface area contributed by atoms with Crippen molar-refractivity contribution >= 4 is 28.3 Å². The number of carboxylic acids is 1. The van der Waals surface area contributed by atoms with Crippen molar-refractivity contribution in [3.8, 4) is 17.3 Å². The minimum absolute atomic E-state index is 0.209. The Hall–Kier alpha value is -2.79. The maximum absolute atomic E-state index is 13.4. The quantitative estimate of drug-likeness (QED) is 0.851. The molecule has 0 bridgehead atoms. The first-order chi connectivity index (χ1) is 12.5.